The van der Waals surface area contributed by atoms with Gasteiger partial charge in [-0.1, -0.05) is 37.3 Å². The highest BCUT2D eigenvalue weighted by molar-refractivity contribution is 5.24. The number of benzene rings is 2. The third-order valence-electron chi connectivity index (χ3n) is 3.75. The number of likely N-dealkylation sites (N-methyl/N-ethyl adjacent to an activating group) is 1. The van der Waals surface area contributed by atoms with Crippen molar-refractivity contribution >= 4 is 0 Å². The average Bonchev–Trinajstić information content (AvgIpc) is 2.48. The van der Waals surface area contributed by atoms with Gasteiger partial charge in [-0.25, -0.2) is 8.78 Å². The van der Waals surface area contributed by atoms with E-state index in [-0.39, 0.29) is 17.8 Å². The van der Waals surface area contributed by atoms with Crippen molar-refractivity contribution in [1.82, 2.24) is 5.32 Å². The molecule has 0 aliphatic carbocycles. The summed E-state index contributed by atoms with van der Waals surface area (Å²) in [5.74, 6) is -0.542. The molecule has 0 amide bonds. The molecule has 0 aromatic heterocycles. The Balaban J connectivity index is 2.18. The molecule has 0 bridgehead atoms. The minimum Gasteiger partial charge on any atom is -0.316 e. The summed E-state index contributed by atoms with van der Waals surface area (Å²) >= 11 is 0. The Kier molecular flexibility index (Phi) is 4.85. The second-order valence-corrected chi connectivity index (χ2v) is 5.03. The van der Waals surface area contributed by atoms with Gasteiger partial charge in [0.25, 0.3) is 0 Å². The largest absolute Gasteiger partial charge is 0.316 e. The molecule has 2 aromatic carbocycles. The molecule has 2 rings (SSSR count). The van der Waals surface area contributed by atoms with Gasteiger partial charge in [0.1, 0.15) is 11.6 Å². The second kappa shape index (κ2) is 6.62. The van der Waals surface area contributed by atoms with Crippen molar-refractivity contribution in [3.8, 4) is 0 Å². The Morgan fingerprint density at radius 3 is 2.40 bits per heavy atom. The lowest BCUT2D eigenvalue weighted by Gasteiger charge is -2.24. The first kappa shape index (κ1) is 14.7. The van der Waals surface area contributed by atoms with Gasteiger partial charge in [0.2, 0.25) is 0 Å². The molecule has 2 unspecified atom stereocenters. The van der Waals surface area contributed by atoms with Gasteiger partial charge in [-0.3, -0.25) is 0 Å². The standard InChI is InChI=1S/C17H19F2N/c1-12(13-6-4-3-5-7-13)17(20-2)11-14-10-15(18)8-9-16(14)19/h3-10,12,17,20H,11H2,1-2H3. The van der Waals surface area contributed by atoms with E-state index in [0.717, 1.165) is 6.07 Å². The highest BCUT2D eigenvalue weighted by Gasteiger charge is 2.19. The highest BCUT2D eigenvalue weighted by Crippen LogP contribution is 2.22. The Labute approximate surface area is 118 Å². The molecule has 0 aliphatic rings. The lowest BCUT2D eigenvalue weighted by atomic mass is 9.89. The predicted octanol–water partition coefficient (Wildman–Crippen LogP) is 3.90. The first-order chi connectivity index (χ1) is 9.61. The molecule has 0 saturated heterocycles. The normalized spacial score (nSPS) is 14.0. The van der Waals surface area contributed by atoms with E-state index in [1.165, 1.54) is 17.7 Å². The maximum absolute atomic E-state index is 13.7. The van der Waals surface area contributed by atoms with Crippen LogP contribution in [-0.4, -0.2) is 13.1 Å². The van der Waals surface area contributed by atoms with E-state index >= 15 is 0 Å². The summed E-state index contributed by atoms with van der Waals surface area (Å²) in [6.07, 6.45) is 0.455. The van der Waals surface area contributed by atoms with Gasteiger partial charge < -0.3 is 5.32 Å². The zero-order valence-corrected chi connectivity index (χ0v) is 11.7. The SMILES string of the molecule is CNC(Cc1cc(F)ccc1F)C(C)c1ccccc1. The van der Waals surface area contributed by atoms with Crippen LogP contribution in [-0.2, 0) is 6.42 Å². The van der Waals surface area contributed by atoms with Gasteiger partial charge in [0.05, 0.1) is 0 Å². The Morgan fingerprint density at radius 2 is 1.75 bits per heavy atom. The first-order valence-electron chi connectivity index (χ1n) is 6.78. The van der Waals surface area contributed by atoms with Crippen LogP contribution in [0.3, 0.4) is 0 Å². The molecule has 2 aromatic rings. The second-order valence-electron chi connectivity index (χ2n) is 5.03. The average molecular weight is 275 g/mol. The van der Waals surface area contributed by atoms with Crippen molar-refractivity contribution in [1.29, 1.82) is 0 Å². The highest BCUT2D eigenvalue weighted by atomic mass is 19.1. The van der Waals surface area contributed by atoms with Gasteiger partial charge in [-0.2, -0.15) is 0 Å². The number of hydrogen-bond acceptors (Lipinski definition) is 1. The number of hydrogen-bond donors (Lipinski definition) is 1. The van der Waals surface area contributed by atoms with Crippen LogP contribution in [0.2, 0.25) is 0 Å². The Morgan fingerprint density at radius 1 is 1.05 bits per heavy atom. The van der Waals surface area contributed by atoms with E-state index in [9.17, 15) is 8.78 Å². The van der Waals surface area contributed by atoms with Gasteiger partial charge in [-0.05, 0) is 48.7 Å². The van der Waals surface area contributed by atoms with Gasteiger partial charge in [-0.15, -0.1) is 0 Å². The molecule has 0 radical (unpaired) electrons. The van der Waals surface area contributed by atoms with E-state index < -0.39 is 5.82 Å². The zero-order valence-electron chi connectivity index (χ0n) is 11.7. The predicted molar refractivity (Wildman–Crippen MR) is 77.8 cm³/mol. The fourth-order valence-electron chi connectivity index (χ4n) is 2.45. The third kappa shape index (κ3) is 3.42. The molecule has 0 saturated carbocycles. The topological polar surface area (TPSA) is 12.0 Å². The van der Waals surface area contributed by atoms with Crippen LogP contribution in [0, 0.1) is 11.6 Å². The van der Waals surface area contributed by atoms with Gasteiger partial charge in [0.15, 0.2) is 0 Å². The van der Waals surface area contributed by atoms with Crippen molar-refractivity contribution in [3.63, 3.8) is 0 Å². The van der Waals surface area contributed by atoms with E-state index in [1.807, 2.05) is 25.2 Å². The summed E-state index contributed by atoms with van der Waals surface area (Å²) in [4.78, 5) is 0. The van der Waals surface area contributed by atoms with Crippen LogP contribution in [0.1, 0.15) is 24.0 Å². The summed E-state index contributed by atoms with van der Waals surface area (Å²) in [7, 11) is 1.85. The fourth-order valence-corrected chi connectivity index (χ4v) is 2.45. The summed E-state index contributed by atoms with van der Waals surface area (Å²) in [6, 6.07) is 13.7. The van der Waals surface area contributed by atoms with Crippen LogP contribution in [0.5, 0.6) is 0 Å². The molecule has 1 nitrogen and oxygen atoms in total. The Bertz CT molecular complexity index is 554. The summed E-state index contributed by atoms with van der Waals surface area (Å²) < 4.78 is 27.0. The van der Waals surface area contributed by atoms with Gasteiger partial charge >= 0.3 is 0 Å². The van der Waals surface area contributed by atoms with Crippen LogP contribution >= 0.6 is 0 Å². The van der Waals surface area contributed by atoms with Crippen molar-refractivity contribution < 1.29 is 8.78 Å². The molecule has 0 aliphatic heterocycles. The maximum Gasteiger partial charge on any atom is 0.126 e. The molecule has 0 fully saturated rings. The van der Waals surface area contributed by atoms with Crippen LogP contribution in [0.15, 0.2) is 48.5 Å². The van der Waals surface area contributed by atoms with E-state index in [1.54, 1.807) is 0 Å². The molecule has 0 spiro atoms. The molecular weight excluding hydrogens is 256 g/mol. The summed E-state index contributed by atoms with van der Waals surface area (Å²) in [5.41, 5.74) is 1.59. The Hall–Kier alpha value is -1.74. The molecule has 0 heterocycles. The third-order valence-corrected chi connectivity index (χ3v) is 3.75. The maximum atomic E-state index is 13.7. The minimum atomic E-state index is -0.399. The summed E-state index contributed by atoms with van der Waals surface area (Å²) in [6.45, 7) is 2.09. The molecular formula is C17H19F2N. The number of rotatable bonds is 5. The van der Waals surface area contributed by atoms with Crippen molar-refractivity contribution in [2.45, 2.75) is 25.3 Å². The van der Waals surface area contributed by atoms with Crippen LogP contribution < -0.4 is 5.32 Å². The van der Waals surface area contributed by atoms with Crippen LogP contribution in [0.25, 0.3) is 0 Å². The molecule has 20 heavy (non-hydrogen) atoms. The van der Waals surface area contributed by atoms with E-state index in [4.69, 9.17) is 0 Å². The monoisotopic (exact) mass is 275 g/mol. The van der Waals surface area contributed by atoms with Crippen molar-refractivity contribution in [3.05, 3.63) is 71.3 Å². The lowest BCUT2D eigenvalue weighted by Crippen LogP contribution is -2.33. The quantitative estimate of drug-likeness (QED) is 0.872. The number of nitrogens with one attached hydrogen (secondary N) is 1. The summed E-state index contributed by atoms with van der Waals surface area (Å²) in [5, 5.41) is 3.21. The van der Waals surface area contributed by atoms with Crippen LogP contribution in [0.4, 0.5) is 8.78 Å². The molecule has 1 N–H and O–H groups in total. The number of halogens is 2. The fraction of sp³-hybridized carbons (Fsp3) is 0.294. The molecule has 2 atom stereocenters. The van der Waals surface area contributed by atoms with Gasteiger partial charge in [0, 0.05) is 6.04 Å². The minimum absolute atomic E-state index is 0.0497. The molecule has 3 heteroatoms. The zero-order chi connectivity index (χ0) is 14.5. The smallest absolute Gasteiger partial charge is 0.126 e. The first-order valence-corrected chi connectivity index (χ1v) is 6.78. The van der Waals surface area contributed by atoms with E-state index in [2.05, 4.69) is 24.4 Å². The molecule has 106 valence electrons. The van der Waals surface area contributed by atoms with Crippen molar-refractivity contribution in [2.24, 2.45) is 0 Å². The van der Waals surface area contributed by atoms with Crippen molar-refractivity contribution in [2.75, 3.05) is 7.05 Å². The lowest BCUT2D eigenvalue weighted by molar-refractivity contribution is 0.470. The van der Waals surface area contributed by atoms with E-state index in [0.29, 0.717) is 12.0 Å².